The van der Waals surface area contributed by atoms with Crippen LogP contribution in [0.2, 0.25) is 15.1 Å². The van der Waals surface area contributed by atoms with E-state index in [0.29, 0.717) is 46.3 Å². The van der Waals surface area contributed by atoms with Crippen LogP contribution in [0.5, 0.6) is 11.5 Å². The van der Waals surface area contributed by atoms with Crippen LogP contribution in [0.1, 0.15) is 5.56 Å². The van der Waals surface area contributed by atoms with Crippen LogP contribution >= 0.6 is 34.8 Å². The molecule has 1 aliphatic rings. The standard InChI is InChI=1S/C15H12Cl3NO2/c16-10-2-1-9(5-11(10)17)8-19-13-7-15-14(6-12(13)18)20-3-4-21-15/h1-2,5-7,19H,3-4,8H2. The van der Waals surface area contributed by atoms with E-state index in [2.05, 4.69) is 5.32 Å². The van der Waals surface area contributed by atoms with Gasteiger partial charge in [0.1, 0.15) is 13.2 Å². The molecule has 0 unspecified atom stereocenters. The molecule has 3 nitrogen and oxygen atoms in total. The Bertz CT molecular complexity index is 676. The van der Waals surface area contributed by atoms with E-state index in [4.69, 9.17) is 44.3 Å². The van der Waals surface area contributed by atoms with Crippen LogP contribution in [-0.4, -0.2) is 13.2 Å². The highest BCUT2D eigenvalue weighted by Crippen LogP contribution is 2.38. The molecule has 0 radical (unpaired) electrons. The number of hydrogen-bond acceptors (Lipinski definition) is 3. The maximum atomic E-state index is 6.24. The van der Waals surface area contributed by atoms with Gasteiger partial charge in [-0.3, -0.25) is 0 Å². The third kappa shape index (κ3) is 3.31. The fourth-order valence-corrected chi connectivity index (χ4v) is 2.59. The summed E-state index contributed by atoms with van der Waals surface area (Å²) in [7, 11) is 0. The number of ether oxygens (including phenoxy) is 2. The molecule has 0 amide bonds. The van der Waals surface area contributed by atoms with Gasteiger partial charge in [-0.2, -0.15) is 0 Å². The lowest BCUT2D eigenvalue weighted by Crippen LogP contribution is -2.15. The number of anilines is 1. The van der Waals surface area contributed by atoms with Gasteiger partial charge >= 0.3 is 0 Å². The summed E-state index contributed by atoms with van der Waals surface area (Å²) in [6.45, 7) is 1.66. The summed E-state index contributed by atoms with van der Waals surface area (Å²) in [4.78, 5) is 0. The van der Waals surface area contributed by atoms with Crippen LogP contribution < -0.4 is 14.8 Å². The van der Waals surface area contributed by atoms with Gasteiger partial charge in [-0.15, -0.1) is 0 Å². The molecule has 0 fully saturated rings. The Hall–Kier alpha value is -1.29. The monoisotopic (exact) mass is 343 g/mol. The number of halogens is 3. The first-order chi connectivity index (χ1) is 10.1. The van der Waals surface area contributed by atoms with Gasteiger partial charge in [0.15, 0.2) is 11.5 Å². The Labute approximate surface area is 137 Å². The molecule has 1 heterocycles. The van der Waals surface area contributed by atoms with Crippen molar-refractivity contribution in [2.75, 3.05) is 18.5 Å². The minimum atomic E-state index is 0.532. The van der Waals surface area contributed by atoms with Crippen molar-refractivity contribution in [3.05, 3.63) is 51.0 Å². The molecule has 2 aromatic carbocycles. The molecular formula is C15H12Cl3NO2. The van der Waals surface area contributed by atoms with E-state index in [1.807, 2.05) is 18.2 Å². The van der Waals surface area contributed by atoms with Crippen molar-refractivity contribution in [3.63, 3.8) is 0 Å². The second-order valence-corrected chi connectivity index (χ2v) is 5.80. The predicted octanol–water partition coefficient (Wildman–Crippen LogP) is 5.03. The minimum absolute atomic E-state index is 0.532. The molecule has 3 rings (SSSR count). The predicted molar refractivity (Wildman–Crippen MR) is 86.2 cm³/mol. The van der Waals surface area contributed by atoms with E-state index >= 15 is 0 Å². The van der Waals surface area contributed by atoms with Gasteiger partial charge in [0, 0.05) is 18.7 Å². The number of rotatable bonds is 3. The van der Waals surface area contributed by atoms with E-state index < -0.39 is 0 Å². The molecular weight excluding hydrogens is 333 g/mol. The van der Waals surface area contributed by atoms with Crippen molar-refractivity contribution in [2.24, 2.45) is 0 Å². The Balaban J connectivity index is 1.77. The second kappa shape index (κ2) is 6.22. The second-order valence-electron chi connectivity index (χ2n) is 4.58. The highest BCUT2D eigenvalue weighted by atomic mass is 35.5. The van der Waals surface area contributed by atoms with Gasteiger partial charge in [-0.05, 0) is 17.7 Å². The minimum Gasteiger partial charge on any atom is -0.486 e. The van der Waals surface area contributed by atoms with Crippen molar-refractivity contribution in [1.29, 1.82) is 0 Å². The highest BCUT2D eigenvalue weighted by molar-refractivity contribution is 6.42. The lowest BCUT2D eigenvalue weighted by molar-refractivity contribution is 0.171. The zero-order chi connectivity index (χ0) is 14.8. The molecule has 0 saturated heterocycles. The summed E-state index contributed by atoms with van der Waals surface area (Å²) in [6, 6.07) is 9.10. The van der Waals surface area contributed by atoms with Crippen molar-refractivity contribution in [2.45, 2.75) is 6.54 Å². The maximum absolute atomic E-state index is 6.24. The van der Waals surface area contributed by atoms with Crippen molar-refractivity contribution >= 4 is 40.5 Å². The van der Waals surface area contributed by atoms with Gasteiger partial charge in [-0.25, -0.2) is 0 Å². The van der Waals surface area contributed by atoms with Crippen LogP contribution in [0.15, 0.2) is 30.3 Å². The van der Waals surface area contributed by atoms with Crippen LogP contribution in [0, 0.1) is 0 Å². The third-order valence-corrected chi connectivity index (χ3v) is 4.15. The van der Waals surface area contributed by atoms with Gasteiger partial charge < -0.3 is 14.8 Å². The molecule has 0 saturated carbocycles. The van der Waals surface area contributed by atoms with Gasteiger partial charge in [0.2, 0.25) is 0 Å². The van der Waals surface area contributed by atoms with E-state index in [0.717, 1.165) is 11.3 Å². The first kappa shape index (κ1) is 14.6. The molecule has 21 heavy (non-hydrogen) atoms. The zero-order valence-corrected chi connectivity index (χ0v) is 13.2. The average Bonchev–Trinajstić information content (AvgIpc) is 2.48. The summed E-state index contributed by atoms with van der Waals surface area (Å²) in [6.07, 6.45) is 0. The largest absolute Gasteiger partial charge is 0.486 e. The van der Waals surface area contributed by atoms with E-state index in [9.17, 15) is 0 Å². The van der Waals surface area contributed by atoms with Crippen molar-refractivity contribution in [1.82, 2.24) is 0 Å². The fourth-order valence-electron chi connectivity index (χ4n) is 2.05. The van der Waals surface area contributed by atoms with E-state index in [-0.39, 0.29) is 0 Å². The molecule has 0 aromatic heterocycles. The summed E-state index contributed by atoms with van der Waals surface area (Å²) in [5, 5.41) is 4.91. The summed E-state index contributed by atoms with van der Waals surface area (Å²) in [5.41, 5.74) is 1.79. The topological polar surface area (TPSA) is 30.5 Å². The maximum Gasteiger partial charge on any atom is 0.163 e. The Morgan fingerprint density at radius 2 is 1.57 bits per heavy atom. The Morgan fingerprint density at radius 3 is 2.29 bits per heavy atom. The molecule has 1 N–H and O–H groups in total. The van der Waals surface area contributed by atoms with Gasteiger partial charge in [-0.1, -0.05) is 40.9 Å². The molecule has 0 aliphatic carbocycles. The smallest absolute Gasteiger partial charge is 0.163 e. The molecule has 0 bridgehead atoms. The first-order valence-corrected chi connectivity index (χ1v) is 7.54. The molecule has 0 atom stereocenters. The van der Waals surface area contributed by atoms with Gasteiger partial charge in [0.25, 0.3) is 0 Å². The highest BCUT2D eigenvalue weighted by Gasteiger charge is 2.15. The summed E-state index contributed by atoms with van der Waals surface area (Å²) in [5.74, 6) is 1.37. The van der Waals surface area contributed by atoms with Crippen molar-refractivity contribution < 1.29 is 9.47 Å². The third-order valence-electron chi connectivity index (χ3n) is 3.10. The van der Waals surface area contributed by atoms with Crippen molar-refractivity contribution in [3.8, 4) is 11.5 Å². The lowest BCUT2D eigenvalue weighted by Gasteiger charge is -2.20. The normalized spacial score (nSPS) is 13.1. The quantitative estimate of drug-likeness (QED) is 0.847. The molecule has 6 heteroatoms. The average molecular weight is 345 g/mol. The SMILES string of the molecule is Clc1ccc(CNc2cc3c(cc2Cl)OCCO3)cc1Cl. The van der Waals surface area contributed by atoms with Crippen LogP contribution in [0.4, 0.5) is 5.69 Å². The van der Waals surface area contributed by atoms with Crippen LogP contribution in [0.25, 0.3) is 0 Å². The Morgan fingerprint density at radius 1 is 0.857 bits per heavy atom. The number of nitrogens with one attached hydrogen (secondary N) is 1. The Kier molecular flexibility index (Phi) is 4.34. The molecule has 0 spiro atoms. The number of fused-ring (bicyclic) bond motifs is 1. The summed E-state index contributed by atoms with van der Waals surface area (Å²) < 4.78 is 11.0. The molecule has 2 aromatic rings. The molecule has 1 aliphatic heterocycles. The van der Waals surface area contributed by atoms with Gasteiger partial charge in [0.05, 0.1) is 20.8 Å². The number of benzene rings is 2. The first-order valence-electron chi connectivity index (χ1n) is 6.40. The zero-order valence-electron chi connectivity index (χ0n) is 11.0. The lowest BCUT2D eigenvalue weighted by atomic mass is 10.2. The summed E-state index contributed by atoms with van der Waals surface area (Å²) >= 11 is 18.1. The van der Waals surface area contributed by atoms with E-state index in [1.54, 1.807) is 12.1 Å². The van der Waals surface area contributed by atoms with Crippen LogP contribution in [-0.2, 0) is 6.54 Å². The fraction of sp³-hybridized carbons (Fsp3) is 0.200. The molecule has 110 valence electrons. The number of hydrogen-bond donors (Lipinski definition) is 1. The van der Waals surface area contributed by atoms with E-state index in [1.165, 1.54) is 0 Å². The van der Waals surface area contributed by atoms with Crippen LogP contribution in [0.3, 0.4) is 0 Å².